The minimum absolute atomic E-state index is 0.445. The van der Waals surface area contributed by atoms with E-state index in [2.05, 4.69) is 18.7 Å². The van der Waals surface area contributed by atoms with Crippen LogP contribution < -0.4 is 0 Å². The van der Waals surface area contributed by atoms with Crippen molar-refractivity contribution in [1.82, 2.24) is 4.90 Å². The Morgan fingerprint density at radius 1 is 1.35 bits per heavy atom. The van der Waals surface area contributed by atoms with E-state index in [1.807, 2.05) is 0 Å². The normalized spacial score (nSPS) is 20.9. The number of hydrogen-bond acceptors (Lipinski definition) is 3. The number of ether oxygens (including phenoxy) is 1. The number of nitrogens with zero attached hydrogens (tertiary/aromatic N) is 1. The van der Waals surface area contributed by atoms with Gasteiger partial charge in [0.2, 0.25) is 0 Å². The maximum absolute atomic E-state index is 10.9. The molecule has 0 aromatic carbocycles. The summed E-state index contributed by atoms with van der Waals surface area (Å²) in [6, 6.07) is 0. The molecule has 100 valence electrons. The fraction of sp³-hybridized carbons (Fsp3) is 0.923. The van der Waals surface area contributed by atoms with Gasteiger partial charge in [-0.2, -0.15) is 0 Å². The van der Waals surface area contributed by atoms with E-state index in [9.17, 15) is 4.79 Å². The number of likely N-dealkylation sites (tertiary alicyclic amines) is 1. The molecule has 0 aromatic rings. The van der Waals surface area contributed by atoms with Crippen LogP contribution in [0.5, 0.6) is 0 Å². The number of aliphatic carboxylic acids is 1. The van der Waals surface area contributed by atoms with Crippen molar-refractivity contribution in [3.05, 3.63) is 0 Å². The number of carbonyl (C=O) groups is 1. The van der Waals surface area contributed by atoms with Crippen LogP contribution in [0.2, 0.25) is 0 Å². The summed E-state index contributed by atoms with van der Waals surface area (Å²) < 4.78 is 4.97. The van der Waals surface area contributed by atoms with Crippen LogP contribution >= 0.6 is 0 Å². The SMILES string of the molecule is CCCC1(CCC)CN(CC(OC)C(=O)O)C1. The summed E-state index contributed by atoms with van der Waals surface area (Å²) >= 11 is 0. The molecule has 1 heterocycles. The third kappa shape index (κ3) is 3.68. The number of rotatable bonds is 8. The predicted molar refractivity (Wildman–Crippen MR) is 67.1 cm³/mol. The van der Waals surface area contributed by atoms with Crippen LogP contribution in [0.1, 0.15) is 39.5 Å². The maximum atomic E-state index is 10.9. The van der Waals surface area contributed by atoms with Gasteiger partial charge in [-0.1, -0.05) is 26.7 Å². The third-order valence-electron chi connectivity index (χ3n) is 3.66. The van der Waals surface area contributed by atoms with Gasteiger partial charge >= 0.3 is 5.97 Å². The highest BCUT2D eigenvalue weighted by atomic mass is 16.5. The van der Waals surface area contributed by atoms with Crippen molar-refractivity contribution < 1.29 is 14.6 Å². The molecule has 1 rings (SSSR count). The van der Waals surface area contributed by atoms with Crippen LogP contribution in [0.15, 0.2) is 0 Å². The molecule has 0 radical (unpaired) electrons. The second-order valence-corrected chi connectivity index (χ2v) is 5.23. The van der Waals surface area contributed by atoms with Gasteiger partial charge < -0.3 is 9.84 Å². The molecule has 4 nitrogen and oxygen atoms in total. The van der Waals surface area contributed by atoms with Gasteiger partial charge in [-0.05, 0) is 18.3 Å². The molecule has 17 heavy (non-hydrogen) atoms. The van der Waals surface area contributed by atoms with Crippen LogP contribution in [0.3, 0.4) is 0 Å². The second-order valence-electron chi connectivity index (χ2n) is 5.23. The zero-order chi connectivity index (χ0) is 12.9. The molecule has 0 aliphatic carbocycles. The fourth-order valence-corrected chi connectivity index (χ4v) is 3.02. The quantitative estimate of drug-likeness (QED) is 0.708. The molecular weight excluding hydrogens is 218 g/mol. The van der Waals surface area contributed by atoms with Gasteiger partial charge in [0.05, 0.1) is 0 Å². The average molecular weight is 243 g/mol. The lowest BCUT2D eigenvalue weighted by atomic mass is 9.72. The van der Waals surface area contributed by atoms with E-state index in [0.29, 0.717) is 12.0 Å². The first-order chi connectivity index (χ1) is 8.06. The van der Waals surface area contributed by atoms with Crippen LogP contribution in [-0.2, 0) is 9.53 Å². The van der Waals surface area contributed by atoms with Crippen molar-refractivity contribution in [1.29, 1.82) is 0 Å². The highest BCUT2D eigenvalue weighted by Crippen LogP contribution is 2.39. The Labute approximate surface area is 104 Å². The Kier molecular flexibility index (Phi) is 5.40. The van der Waals surface area contributed by atoms with E-state index >= 15 is 0 Å². The summed E-state index contributed by atoms with van der Waals surface area (Å²) in [7, 11) is 1.46. The Morgan fingerprint density at radius 3 is 2.24 bits per heavy atom. The van der Waals surface area contributed by atoms with Crippen LogP contribution in [-0.4, -0.2) is 48.8 Å². The van der Waals surface area contributed by atoms with Gasteiger partial charge in [0.25, 0.3) is 0 Å². The number of carboxylic acids is 1. The number of carboxylic acid groups (broad SMARTS) is 1. The summed E-state index contributed by atoms with van der Waals surface area (Å²) in [6.07, 6.45) is 4.24. The molecule has 0 amide bonds. The molecule has 1 saturated heterocycles. The molecule has 1 aliphatic rings. The van der Waals surface area contributed by atoms with Crippen molar-refractivity contribution in [3.8, 4) is 0 Å². The molecule has 1 N–H and O–H groups in total. The summed E-state index contributed by atoms with van der Waals surface area (Å²) in [4.78, 5) is 13.1. The molecule has 0 spiro atoms. The minimum Gasteiger partial charge on any atom is -0.479 e. The number of methoxy groups -OCH3 is 1. The lowest BCUT2D eigenvalue weighted by Crippen LogP contribution is -2.58. The van der Waals surface area contributed by atoms with E-state index < -0.39 is 12.1 Å². The topological polar surface area (TPSA) is 49.8 Å². The van der Waals surface area contributed by atoms with Crippen LogP contribution in [0.4, 0.5) is 0 Å². The molecular formula is C13H25NO3. The monoisotopic (exact) mass is 243 g/mol. The molecule has 0 bridgehead atoms. The lowest BCUT2D eigenvalue weighted by molar-refractivity contribution is -0.152. The minimum atomic E-state index is -0.865. The maximum Gasteiger partial charge on any atom is 0.334 e. The van der Waals surface area contributed by atoms with E-state index in [-0.39, 0.29) is 0 Å². The highest BCUT2D eigenvalue weighted by Gasteiger charge is 2.42. The lowest BCUT2D eigenvalue weighted by Gasteiger charge is -2.51. The number of hydrogen-bond donors (Lipinski definition) is 1. The fourth-order valence-electron chi connectivity index (χ4n) is 3.02. The van der Waals surface area contributed by atoms with Gasteiger partial charge in [-0.15, -0.1) is 0 Å². The zero-order valence-corrected chi connectivity index (χ0v) is 11.2. The molecule has 0 saturated carbocycles. The Hall–Kier alpha value is -0.610. The van der Waals surface area contributed by atoms with Gasteiger partial charge in [-0.3, -0.25) is 4.90 Å². The summed E-state index contributed by atoms with van der Waals surface area (Å²) in [6.45, 7) is 7.01. The predicted octanol–water partition coefficient (Wildman–Crippen LogP) is 1.99. The van der Waals surface area contributed by atoms with Gasteiger partial charge in [0.15, 0.2) is 6.10 Å². The summed E-state index contributed by atoms with van der Waals surface area (Å²) in [5.41, 5.74) is 0.445. The van der Waals surface area contributed by atoms with Crippen molar-refractivity contribution >= 4 is 5.97 Å². The standard InChI is InChI=1S/C13H25NO3/c1-4-6-13(7-5-2)9-14(10-13)8-11(17-3)12(15)16/h11H,4-10H2,1-3H3,(H,15,16). The highest BCUT2D eigenvalue weighted by molar-refractivity contribution is 5.72. The first-order valence-corrected chi connectivity index (χ1v) is 6.55. The molecule has 4 heteroatoms. The van der Waals surface area contributed by atoms with Crippen LogP contribution in [0, 0.1) is 5.41 Å². The second kappa shape index (κ2) is 6.36. The van der Waals surface area contributed by atoms with Crippen molar-refractivity contribution in [3.63, 3.8) is 0 Å². The van der Waals surface area contributed by atoms with Crippen molar-refractivity contribution in [2.45, 2.75) is 45.6 Å². The smallest absolute Gasteiger partial charge is 0.334 e. The van der Waals surface area contributed by atoms with E-state index in [4.69, 9.17) is 9.84 Å². The largest absolute Gasteiger partial charge is 0.479 e. The molecule has 0 aromatic heterocycles. The van der Waals surface area contributed by atoms with Crippen molar-refractivity contribution in [2.24, 2.45) is 5.41 Å². The average Bonchev–Trinajstić information content (AvgIpc) is 2.22. The Bertz CT molecular complexity index is 241. The third-order valence-corrected chi connectivity index (χ3v) is 3.66. The first-order valence-electron chi connectivity index (χ1n) is 6.55. The van der Waals surface area contributed by atoms with Gasteiger partial charge in [-0.25, -0.2) is 4.79 Å². The van der Waals surface area contributed by atoms with E-state index in [0.717, 1.165) is 13.1 Å². The van der Waals surface area contributed by atoms with Crippen molar-refractivity contribution in [2.75, 3.05) is 26.7 Å². The van der Waals surface area contributed by atoms with Gasteiger partial charge in [0.1, 0.15) is 0 Å². The Balaban J connectivity index is 2.40. The molecule has 1 unspecified atom stereocenters. The Morgan fingerprint density at radius 2 is 1.88 bits per heavy atom. The molecule has 1 atom stereocenters. The molecule has 1 fully saturated rings. The summed E-state index contributed by atoms with van der Waals surface area (Å²) in [5.74, 6) is -0.865. The first kappa shape index (κ1) is 14.5. The molecule has 1 aliphatic heterocycles. The van der Waals surface area contributed by atoms with E-state index in [1.54, 1.807) is 0 Å². The summed E-state index contributed by atoms with van der Waals surface area (Å²) in [5, 5.41) is 8.93. The van der Waals surface area contributed by atoms with Crippen LogP contribution in [0.25, 0.3) is 0 Å². The zero-order valence-electron chi connectivity index (χ0n) is 11.2. The van der Waals surface area contributed by atoms with E-state index in [1.165, 1.54) is 32.8 Å². The van der Waals surface area contributed by atoms with Gasteiger partial charge in [0, 0.05) is 26.7 Å².